The Kier molecular flexibility index (Phi) is 9.38. The van der Waals surface area contributed by atoms with E-state index >= 15 is 0 Å². The Morgan fingerprint density at radius 1 is 0.756 bits per heavy atom. The fraction of sp³-hybridized carbons (Fsp3) is 0.161. The molecule has 4 rings (SSSR count). The van der Waals surface area contributed by atoms with Gasteiger partial charge in [0, 0.05) is 10.6 Å². The van der Waals surface area contributed by atoms with Gasteiger partial charge >= 0.3 is 13.6 Å². The molecule has 8 nitrogen and oxygen atoms in total. The van der Waals surface area contributed by atoms with Gasteiger partial charge in [-0.15, -0.1) is 0 Å². The number of benzene rings is 4. The largest absolute Gasteiger partial charge is 0.457 e. The van der Waals surface area contributed by atoms with Gasteiger partial charge in [0.15, 0.2) is 5.78 Å². The van der Waals surface area contributed by atoms with Gasteiger partial charge < -0.3 is 14.4 Å². The molecule has 4 aromatic carbocycles. The number of hydrogen-bond donors (Lipinski definition) is 2. The maximum atomic E-state index is 14.7. The van der Waals surface area contributed by atoms with Gasteiger partial charge in [0.25, 0.3) is 5.91 Å². The Balaban J connectivity index is 1.71. The van der Waals surface area contributed by atoms with Gasteiger partial charge in [0.2, 0.25) is 0 Å². The van der Waals surface area contributed by atoms with Gasteiger partial charge in [0.1, 0.15) is 11.5 Å². The van der Waals surface area contributed by atoms with Crippen molar-refractivity contribution in [2.75, 3.05) is 0 Å². The fourth-order valence-electron chi connectivity index (χ4n) is 3.86. The standard InChI is InChI=1S/C31H31ClN3O5P/c1-31(2,3)35(29(36)24-13-7-4-8-14-24)34-30(37)33-28(23-19-21-25(32)22-20-23)41(38,39-26-15-9-5-10-16-26)40-27-17-11-6-12-18-27/h4-22,28H,1-3H3,(H2,33,34,37)/t28-/m1/s1. The van der Waals surface area contributed by atoms with Gasteiger partial charge in [-0.05, 0) is 74.9 Å². The van der Waals surface area contributed by atoms with Crippen molar-refractivity contribution in [1.29, 1.82) is 0 Å². The van der Waals surface area contributed by atoms with Crippen molar-refractivity contribution in [3.63, 3.8) is 0 Å². The third-order valence-corrected chi connectivity index (χ3v) is 8.07. The average molecular weight is 592 g/mol. The number of carbonyl (C=O) groups is 2. The lowest BCUT2D eigenvalue weighted by molar-refractivity contribution is 0.0449. The predicted molar refractivity (Wildman–Crippen MR) is 160 cm³/mol. The Bertz CT molecular complexity index is 1450. The molecule has 41 heavy (non-hydrogen) atoms. The third kappa shape index (κ3) is 7.91. The summed E-state index contributed by atoms with van der Waals surface area (Å²) in [7, 11) is -4.25. The molecule has 0 radical (unpaired) electrons. The van der Waals surface area contributed by atoms with Crippen LogP contribution in [0.5, 0.6) is 11.5 Å². The van der Waals surface area contributed by atoms with E-state index in [1.165, 1.54) is 5.01 Å². The van der Waals surface area contributed by atoms with Gasteiger partial charge in [-0.25, -0.2) is 19.8 Å². The summed E-state index contributed by atoms with van der Waals surface area (Å²) in [5.74, 6) is -1.15. The highest BCUT2D eigenvalue weighted by atomic mass is 35.5. The smallest absolute Gasteiger partial charge is 0.414 e. The molecule has 10 heteroatoms. The van der Waals surface area contributed by atoms with Crippen LogP contribution in [0.2, 0.25) is 5.02 Å². The Morgan fingerprint density at radius 3 is 1.68 bits per heavy atom. The number of para-hydroxylation sites is 2. The zero-order valence-electron chi connectivity index (χ0n) is 22.9. The number of nitrogens with zero attached hydrogens (tertiary/aromatic N) is 1. The molecule has 0 saturated heterocycles. The normalized spacial score (nSPS) is 12.1. The summed E-state index contributed by atoms with van der Waals surface area (Å²) >= 11 is 6.13. The Labute approximate surface area is 244 Å². The van der Waals surface area contributed by atoms with Gasteiger partial charge in [-0.2, -0.15) is 0 Å². The van der Waals surface area contributed by atoms with E-state index in [9.17, 15) is 14.2 Å². The molecule has 4 aromatic rings. The molecule has 0 heterocycles. The van der Waals surface area contributed by atoms with Crippen LogP contribution in [-0.2, 0) is 4.57 Å². The van der Waals surface area contributed by atoms with Crippen LogP contribution in [-0.4, -0.2) is 22.5 Å². The SMILES string of the molecule is CC(C)(C)N(NC(=O)N[C@@H](c1ccc(Cl)cc1)P(=O)(Oc1ccccc1)Oc1ccccc1)C(=O)c1ccccc1. The lowest BCUT2D eigenvalue weighted by Crippen LogP contribution is -2.58. The minimum absolute atomic E-state index is 0.281. The van der Waals surface area contributed by atoms with Gasteiger partial charge in [0.05, 0.1) is 5.54 Å². The molecule has 0 aliphatic heterocycles. The van der Waals surface area contributed by atoms with Gasteiger partial charge in [-0.1, -0.05) is 78.3 Å². The molecule has 0 aliphatic rings. The van der Waals surface area contributed by atoms with E-state index in [0.29, 0.717) is 16.1 Å². The first-order valence-electron chi connectivity index (χ1n) is 12.9. The number of carbonyl (C=O) groups excluding carboxylic acids is 2. The highest BCUT2D eigenvalue weighted by Gasteiger charge is 2.43. The summed E-state index contributed by atoms with van der Waals surface area (Å²) in [4.78, 5) is 26.9. The van der Waals surface area contributed by atoms with Crippen LogP contribution in [0.15, 0.2) is 115 Å². The summed E-state index contributed by atoms with van der Waals surface area (Å²) in [5.41, 5.74) is 2.65. The second kappa shape index (κ2) is 12.9. The van der Waals surface area contributed by atoms with E-state index in [1.807, 2.05) is 0 Å². The van der Waals surface area contributed by atoms with Crippen molar-refractivity contribution in [3.05, 3.63) is 131 Å². The van der Waals surface area contributed by atoms with Crippen molar-refractivity contribution >= 4 is 31.1 Å². The number of amides is 3. The fourth-order valence-corrected chi connectivity index (χ4v) is 5.88. The van der Waals surface area contributed by atoms with Crippen LogP contribution in [0, 0.1) is 0 Å². The number of rotatable bonds is 8. The molecule has 1 atom stereocenters. The molecule has 3 amide bonds. The first-order chi connectivity index (χ1) is 19.5. The van der Waals surface area contributed by atoms with Crippen LogP contribution in [0.4, 0.5) is 4.79 Å². The summed E-state index contributed by atoms with van der Waals surface area (Å²) in [6.45, 7) is 5.35. The highest BCUT2D eigenvalue weighted by molar-refractivity contribution is 7.55. The summed E-state index contributed by atoms with van der Waals surface area (Å²) in [6.07, 6.45) is 0. The molecule has 212 valence electrons. The minimum atomic E-state index is -4.25. The van der Waals surface area contributed by atoms with E-state index < -0.39 is 30.9 Å². The second-order valence-electron chi connectivity index (χ2n) is 10.1. The Morgan fingerprint density at radius 2 is 1.22 bits per heavy atom. The summed E-state index contributed by atoms with van der Waals surface area (Å²) in [6, 6.07) is 31.3. The molecule has 0 fully saturated rings. The van der Waals surface area contributed by atoms with E-state index in [-0.39, 0.29) is 11.5 Å². The maximum absolute atomic E-state index is 14.7. The number of nitrogens with one attached hydrogen (secondary N) is 2. The van der Waals surface area contributed by atoms with E-state index in [1.54, 1.807) is 136 Å². The predicted octanol–water partition coefficient (Wildman–Crippen LogP) is 7.84. The molecular weight excluding hydrogens is 561 g/mol. The number of urea groups is 1. The van der Waals surface area contributed by atoms with Crippen molar-refractivity contribution in [2.24, 2.45) is 0 Å². The van der Waals surface area contributed by atoms with Crippen molar-refractivity contribution in [1.82, 2.24) is 15.8 Å². The molecule has 0 saturated carbocycles. The molecule has 0 bridgehead atoms. The van der Waals surface area contributed by atoms with Crippen LogP contribution in [0.1, 0.15) is 42.5 Å². The monoisotopic (exact) mass is 591 g/mol. The molecule has 0 unspecified atom stereocenters. The second-order valence-corrected chi connectivity index (χ2v) is 12.5. The van der Waals surface area contributed by atoms with Crippen LogP contribution < -0.4 is 19.8 Å². The van der Waals surface area contributed by atoms with Crippen molar-refractivity contribution < 1.29 is 23.2 Å². The molecule has 0 aliphatic carbocycles. The molecule has 0 spiro atoms. The van der Waals surface area contributed by atoms with Crippen LogP contribution >= 0.6 is 19.2 Å². The molecular formula is C31H31ClN3O5P. The molecule has 2 N–H and O–H groups in total. The third-order valence-electron chi connectivity index (χ3n) is 5.83. The zero-order valence-corrected chi connectivity index (χ0v) is 24.5. The maximum Gasteiger partial charge on any atom is 0.457 e. The Hall–Kier alpha value is -4.26. The lowest BCUT2D eigenvalue weighted by atomic mass is 10.1. The van der Waals surface area contributed by atoms with Crippen LogP contribution in [0.25, 0.3) is 0 Å². The quantitative estimate of drug-likeness (QED) is 0.161. The summed E-state index contributed by atoms with van der Waals surface area (Å²) < 4.78 is 26.8. The molecule has 0 aromatic heterocycles. The zero-order chi connectivity index (χ0) is 29.5. The van der Waals surface area contributed by atoms with Gasteiger partial charge in [-0.3, -0.25) is 4.79 Å². The van der Waals surface area contributed by atoms with E-state index in [4.69, 9.17) is 20.6 Å². The van der Waals surface area contributed by atoms with E-state index in [2.05, 4.69) is 10.7 Å². The summed E-state index contributed by atoms with van der Waals surface area (Å²) in [5, 5.41) is 4.41. The number of hydrazine groups is 1. The minimum Gasteiger partial charge on any atom is -0.414 e. The van der Waals surface area contributed by atoms with Crippen molar-refractivity contribution in [2.45, 2.75) is 32.1 Å². The van der Waals surface area contributed by atoms with Crippen LogP contribution in [0.3, 0.4) is 0 Å². The number of halogens is 1. The van der Waals surface area contributed by atoms with Crippen molar-refractivity contribution in [3.8, 4) is 11.5 Å². The average Bonchev–Trinajstić information content (AvgIpc) is 2.96. The number of hydrogen-bond acceptors (Lipinski definition) is 5. The first kappa shape index (κ1) is 29.7. The topological polar surface area (TPSA) is 97.0 Å². The first-order valence-corrected chi connectivity index (χ1v) is 14.9. The van der Waals surface area contributed by atoms with E-state index in [0.717, 1.165) is 0 Å². The lowest BCUT2D eigenvalue weighted by Gasteiger charge is -2.36. The highest BCUT2D eigenvalue weighted by Crippen LogP contribution is 2.59.